The number of hydrogen-bond acceptors (Lipinski definition) is 8. The molecule has 34 heavy (non-hydrogen) atoms. The van der Waals surface area contributed by atoms with Crippen molar-refractivity contribution in [2.24, 2.45) is 0 Å². The molecule has 2 aromatic heterocycles. The normalized spacial score (nSPS) is 15.7. The van der Waals surface area contributed by atoms with Crippen LogP contribution in [-0.2, 0) is 20.7 Å². The fourth-order valence-corrected chi connectivity index (χ4v) is 4.81. The van der Waals surface area contributed by atoms with Gasteiger partial charge in [-0.05, 0) is 50.6 Å². The minimum atomic E-state index is -0.918. The Balaban J connectivity index is 1.75. The summed E-state index contributed by atoms with van der Waals surface area (Å²) in [6.07, 6.45) is 1.67. The van der Waals surface area contributed by atoms with Crippen LogP contribution in [0.2, 0.25) is 0 Å². The molecular weight excluding hydrogens is 454 g/mol. The van der Waals surface area contributed by atoms with Gasteiger partial charge in [0.1, 0.15) is 6.04 Å². The van der Waals surface area contributed by atoms with E-state index in [1.54, 1.807) is 69.4 Å². The van der Waals surface area contributed by atoms with Crippen LogP contribution in [0.25, 0.3) is 0 Å². The van der Waals surface area contributed by atoms with Crippen LogP contribution in [0.5, 0.6) is 0 Å². The first kappa shape index (κ1) is 23.3. The minimum absolute atomic E-state index is 0.0361. The van der Waals surface area contributed by atoms with E-state index in [2.05, 4.69) is 9.97 Å². The monoisotopic (exact) mass is 477 g/mol. The van der Waals surface area contributed by atoms with Crippen LogP contribution in [0, 0.1) is 13.8 Å². The molecule has 8 nitrogen and oxygen atoms in total. The highest BCUT2D eigenvalue weighted by Gasteiger charge is 2.46. The highest BCUT2D eigenvalue weighted by Crippen LogP contribution is 2.42. The number of ether oxygens (including phenoxy) is 1. The number of carbonyl (C=O) groups is 3. The average molecular weight is 478 g/mol. The number of aromatic nitrogens is 2. The number of aliphatic hydroxyl groups excluding tert-OH is 1. The van der Waals surface area contributed by atoms with E-state index in [0.29, 0.717) is 39.1 Å². The average Bonchev–Trinajstić information content (AvgIpc) is 3.30. The summed E-state index contributed by atoms with van der Waals surface area (Å²) >= 11 is 1.22. The van der Waals surface area contributed by atoms with Gasteiger partial charge in [0.25, 0.3) is 5.91 Å². The van der Waals surface area contributed by atoms with Gasteiger partial charge in [-0.25, -0.2) is 4.98 Å². The molecule has 0 radical (unpaired) electrons. The van der Waals surface area contributed by atoms with Crippen molar-refractivity contribution in [3.63, 3.8) is 0 Å². The molecule has 1 aliphatic heterocycles. The topological polar surface area (TPSA) is 110 Å². The van der Waals surface area contributed by atoms with E-state index < -0.39 is 23.5 Å². The van der Waals surface area contributed by atoms with Gasteiger partial charge in [0.15, 0.2) is 5.76 Å². The Bertz CT molecular complexity index is 1280. The summed E-state index contributed by atoms with van der Waals surface area (Å²) in [5.41, 5.74) is 2.12. The van der Waals surface area contributed by atoms with Gasteiger partial charge in [-0.2, -0.15) is 0 Å². The first-order valence-electron chi connectivity index (χ1n) is 10.7. The summed E-state index contributed by atoms with van der Waals surface area (Å²) in [6, 6.07) is 11.0. The third-order valence-electron chi connectivity index (χ3n) is 5.40. The second-order valence-electron chi connectivity index (χ2n) is 7.72. The van der Waals surface area contributed by atoms with E-state index in [9.17, 15) is 19.5 Å². The van der Waals surface area contributed by atoms with Crippen molar-refractivity contribution in [1.82, 2.24) is 9.97 Å². The zero-order chi connectivity index (χ0) is 24.4. The molecule has 1 amide bonds. The van der Waals surface area contributed by atoms with Crippen LogP contribution < -0.4 is 4.90 Å². The molecule has 0 spiro atoms. The van der Waals surface area contributed by atoms with Crippen molar-refractivity contribution in [3.05, 3.63) is 86.8 Å². The van der Waals surface area contributed by atoms with Gasteiger partial charge in [0.05, 0.1) is 39.9 Å². The van der Waals surface area contributed by atoms with Gasteiger partial charge in [-0.3, -0.25) is 24.3 Å². The summed E-state index contributed by atoms with van der Waals surface area (Å²) in [5.74, 6) is -2.11. The van der Waals surface area contributed by atoms with Crippen molar-refractivity contribution in [1.29, 1.82) is 0 Å². The number of hydrogen-bond donors (Lipinski definition) is 1. The maximum atomic E-state index is 13.5. The van der Waals surface area contributed by atoms with E-state index in [4.69, 9.17) is 4.74 Å². The molecular formula is C25H23N3O5S. The quantitative estimate of drug-likeness (QED) is 0.404. The number of aliphatic hydroxyl groups is 1. The van der Waals surface area contributed by atoms with Crippen LogP contribution in [0.4, 0.5) is 5.69 Å². The molecule has 0 aliphatic carbocycles. The predicted octanol–water partition coefficient (Wildman–Crippen LogP) is 4.04. The molecule has 0 saturated heterocycles. The molecule has 174 valence electrons. The van der Waals surface area contributed by atoms with Gasteiger partial charge in [-0.1, -0.05) is 18.2 Å². The molecule has 4 rings (SSSR count). The van der Waals surface area contributed by atoms with Crippen molar-refractivity contribution in [2.45, 2.75) is 33.2 Å². The SMILES string of the molecule is CCOC(=O)Cc1ccc(N2C(=O)C(O)=C(C(=O)c3sc(C)nc3C)C2c2ccccn2)cc1. The Morgan fingerprint density at radius 3 is 2.47 bits per heavy atom. The number of anilines is 1. The molecule has 0 fully saturated rings. The third-order valence-corrected chi connectivity index (χ3v) is 6.47. The Kier molecular flexibility index (Phi) is 6.56. The second kappa shape index (κ2) is 9.56. The fourth-order valence-electron chi connectivity index (χ4n) is 3.94. The van der Waals surface area contributed by atoms with Crippen LogP contribution in [-0.4, -0.2) is 39.3 Å². The van der Waals surface area contributed by atoms with Gasteiger partial charge in [-0.15, -0.1) is 11.3 Å². The molecule has 1 aliphatic rings. The summed E-state index contributed by atoms with van der Waals surface area (Å²) in [4.78, 5) is 49.0. The number of benzene rings is 1. The summed E-state index contributed by atoms with van der Waals surface area (Å²) in [5, 5.41) is 11.6. The van der Waals surface area contributed by atoms with Gasteiger partial charge >= 0.3 is 5.97 Å². The zero-order valence-corrected chi connectivity index (χ0v) is 19.8. The lowest BCUT2D eigenvalue weighted by atomic mass is 9.98. The first-order valence-corrected chi connectivity index (χ1v) is 11.5. The third kappa shape index (κ3) is 4.34. The maximum absolute atomic E-state index is 13.5. The van der Waals surface area contributed by atoms with Crippen LogP contribution in [0.15, 0.2) is 60.0 Å². The highest BCUT2D eigenvalue weighted by molar-refractivity contribution is 7.14. The molecule has 9 heteroatoms. The first-order chi connectivity index (χ1) is 16.3. The van der Waals surface area contributed by atoms with Crippen molar-refractivity contribution >= 4 is 34.7 Å². The van der Waals surface area contributed by atoms with Crippen LogP contribution in [0.3, 0.4) is 0 Å². The van der Waals surface area contributed by atoms with E-state index in [1.165, 1.54) is 16.2 Å². The molecule has 1 N–H and O–H groups in total. The summed E-state index contributed by atoms with van der Waals surface area (Å²) in [7, 11) is 0. The van der Waals surface area contributed by atoms with Crippen molar-refractivity contribution in [2.75, 3.05) is 11.5 Å². The van der Waals surface area contributed by atoms with E-state index in [1.807, 2.05) is 0 Å². The second-order valence-corrected chi connectivity index (χ2v) is 8.92. The van der Waals surface area contributed by atoms with Crippen molar-refractivity contribution in [3.8, 4) is 0 Å². The molecule has 3 aromatic rings. The Hall–Kier alpha value is -3.85. The van der Waals surface area contributed by atoms with Gasteiger partial charge in [0.2, 0.25) is 5.78 Å². The lowest BCUT2D eigenvalue weighted by Crippen LogP contribution is -2.31. The number of rotatable bonds is 7. The standard InChI is InChI=1S/C25H23N3O5S/c1-4-33-19(29)13-16-8-10-17(11-9-16)28-21(18-7-5-6-12-26-18)20(23(31)25(28)32)22(30)24-14(2)27-15(3)34-24/h5-12,21,31H,4,13H2,1-3H3. The zero-order valence-electron chi connectivity index (χ0n) is 18.9. The summed E-state index contributed by atoms with van der Waals surface area (Å²) < 4.78 is 4.98. The maximum Gasteiger partial charge on any atom is 0.310 e. The smallest absolute Gasteiger partial charge is 0.310 e. The Morgan fingerprint density at radius 1 is 1.15 bits per heavy atom. The number of amides is 1. The molecule has 1 atom stereocenters. The number of pyridine rings is 1. The minimum Gasteiger partial charge on any atom is -0.503 e. The number of esters is 1. The molecule has 3 heterocycles. The van der Waals surface area contributed by atoms with E-state index in [-0.39, 0.29) is 18.0 Å². The van der Waals surface area contributed by atoms with E-state index in [0.717, 1.165) is 0 Å². The number of ketones is 1. The Morgan fingerprint density at radius 2 is 1.88 bits per heavy atom. The van der Waals surface area contributed by atoms with Crippen LogP contribution in [0.1, 0.15) is 44.6 Å². The number of nitrogens with zero attached hydrogens (tertiary/aromatic N) is 3. The highest BCUT2D eigenvalue weighted by atomic mass is 32.1. The lowest BCUT2D eigenvalue weighted by Gasteiger charge is -2.26. The summed E-state index contributed by atoms with van der Waals surface area (Å²) in [6.45, 7) is 5.56. The van der Waals surface area contributed by atoms with Crippen LogP contribution >= 0.6 is 11.3 Å². The predicted molar refractivity (Wildman–Crippen MR) is 127 cm³/mol. The van der Waals surface area contributed by atoms with Gasteiger partial charge < -0.3 is 9.84 Å². The molecule has 0 bridgehead atoms. The molecule has 1 aromatic carbocycles. The number of thiazole rings is 1. The number of aryl methyl sites for hydroxylation is 2. The van der Waals surface area contributed by atoms with E-state index >= 15 is 0 Å². The van der Waals surface area contributed by atoms with Gasteiger partial charge in [0, 0.05) is 11.9 Å². The molecule has 0 saturated carbocycles. The fraction of sp³-hybridized carbons (Fsp3) is 0.240. The lowest BCUT2D eigenvalue weighted by molar-refractivity contribution is -0.142. The van der Waals surface area contributed by atoms with Crippen molar-refractivity contribution < 1.29 is 24.2 Å². The number of carbonyl (C=O) groups excluding carboxylic acids is 3. The number of Topliss-reactive ketones (excluding diaryl/α,β-unsaturated/α-hetero) is 1. The molecule has 1 unspecified atom stereocenters. The largest absolute Gasteiger partial charge is 0.503 e. The Labute approximate surface area is 200 Å².